The Hall–Kier alpha value is -4.11. The maximum Gasteiger partial charge on any atom is 0.338 e. The van der Waals surface area contributed by atoms with Gasteiger partial charge in [-0.3, -0.25) is 9.36 Å². The van der Waals surface area contributed by atoms with Gasteiger partial charge in [-0.05, 0) is 70.9 Å². The molecule has 9 heteroatoms. The smallest absolute Gasteiger partial charge is 0.338 e. The van der Waals surface area contributed by atoms with E-state index in [0.717, 1.165) is 11.1 Å². The Morgan fingerprint density at radius 1 is 1.17 bits per heavy atom. The second kappa shape index (κ2) is 13.0. The molecule has 0 spiro atoms. The number of fused-ring (bicyclic) bond motifs is 1. The van der Waals surface area contributed by atoms with E-state index in [4.69, 9.17) is 18.9 Å². The Balaban J connectivity index is 1.97. The number of allylic oxidation sites excluding steroid dienone is 2. The van der Waals surface area contributed by atoms with Gasteiger partial charge < -0.3 is 18.9 Å². The zero-order valence-corrected chi connectivity index (χ0v) is 25.2. The first-order valence-electron chi connectivity index (χ1n) is 13.6. The largest absolute Gasteiger partial charge is 0.493 e. The van der Waals surface area contributed by atoms with Crippen LogP contribution in [0.15, 0.2) is 70.1 Å². The highest BCUT2D eigenvalue weighted by Gasteiger charge is 2.35. The molecule has 0 saturated carbocycles. The molecule has 0 radical (unpaired) electrons. The number of para-hydroxylation sites is 1. The minimum Gasteiger partial charge on any atom is -0.493 e. The molecule has 216 valence electrons. The third-order valence-corrected chi connectivity index (χ3v) is 7.40. The number of nitrogens with zero attached hydrogens (tertiary/aromatic N) is 2. The fourth-order valence-corrected chi connectivity index (χ4v) is 5.89. The van der Waals surface area contributed by atoms with Crippen LogP contribution in [0, 0.1) is 0 Å². The van der Waals surface area contributed by atoms with Crippen molar-refractivity contribution in [1.29, 1.82) is 0 Å². The quantitative estimate of drug-likeness (QED) is 0.243. The third kappa shape index (κ3) is 6.15. The Bertz CT molecular complexity index is 1660. The lowest BCUT2D eigenvalue weighted by Gasteiger charge is -2.26. The van der Waals surface area contributed by atoms with Gasteiger partial charge in [0.1, 0.15) is 11.8 Å². The van der Waals surface area contributed by atoms with Crippen LogP contribution in [0.3, 0.4) is 0 Å². The number of methoxy groups -OCH3 is 1. The Kier molecular flexibility index (Phi) is 9.50. The first kappa shape index (κ1) is 29.9. The van der Waals surface area contributed by atoms with Crippen molar-refractivity contribution in [2.45, 2.75) is 53.2 Å². The molecule has 1 aliphatic rings. The first-order chi connectivity index (χ1) is 19.7. The van der Waals surface area contributed by atoms with Gasteiger partial charge in [0.25, 0.3) is 5.56 Å². The van der Waals surface area contributed by atoms with Crippen molar-refractivity contribution in [2.24, 2.45) is 4.99 Å². The number of carbonyl (C=O) groups is 1. The first-order valence-corrected chi connectivity index (χ1v) is 14.4. The van der Waals surface area contributed by atoms with Crippen LogP contribution in [0.5, 0.6) is 17.2 Å². The number of rotatable bonds is 11. The molecule has 4 rings (SSSR count). The minimum atomic E-state index is -0.770. The average molecular weight is 577 g/mol. The van der Waals surface area contributed by atoms with Crippen LogP contribution >= 0.6 is 11.3 Å². The molecule has 1 aliphatic heterocycles. The van der Waals surface area contributed by atoms with Gasteiger partial charge in [0.15, 0.2) is 16.3 Å². The van der Waals surface area contributed by atoms with Crippen molar-refractivity contribution in [3.63, 3.8) is 0 Å². The molecule has 0 amide bonds. The van der Waals surface area contributed by atoms with Gasteiger partial charge in [-0.2, -0.15) is 0 Å². The molecule has 2 heterocycles. The number of aromatic nitrogens is 1. The lowest BCUT2D eigenvalue weighted by Crippen LogP contribution is -2.40. The van der Waals surface area contributed by atoms with Crippen LogP contribution in [-0.4, -0.2) is 37.0 Å². The molecule has 0 unspecified atom stereocenters. The van der Waals surface area contributed by atoms with E-state index in [2.05, 4.69) is 11.6 Å². The second-order valence-electron chi connectivity index (χ2n) is 9.64. The second-order valence-corrected chi connectivity index (χ2v) is 10.7. The van der Waals surface area contributed by atoms with Crippen LogP contribution in [0.2, 0.25) is 0 Å². The highest BCUT2D eigenvalue weighted by atomic mass is 32.1. The van der Waals surface area contributed by atoms with Crippen LogP contribution in [0.4, 0.5) is 0 Å². The van der Waals surface area contributed by atoms with Crippen molar-refractivity contribution in [3.8, 4) is 17.2 Å². The number of ether oxygens (including phenoxy) is 4. The van der Waals surface area contributed by atoms with E-state index in [1.807, 2.05) is 63.2 Å². The number of thiazole rings is 1. The number of hydrogen-bond donors (Lipinski definition) is 0. The summed E-state index contributed by atoms with van der Waals surface area (Å²) in [5.41, 5.74) is 2.89. The van der Waals surface area contributed by atoms with Crippen LogP contribution in [0.25, 0.3) is 6.08 Å². The van der Waals surface area contributed by atoms with Gasteiger partial charge in [-0.1, -0.05) is 35.6 Å². The fourth-order valence-electron chi connectivity index (χ4n) is 4.84. The summed E-state index contributed by atoms with van der Waals surface area (Å²) in [5.74, 6) is 1.30. The fraction of sp³-hybridized carbons (Fsp3) is 0.344. The molecule has 8 nitrogen and oxygen atoms in total. The summed E-state index contributed by atoms with van der Waals surface area (Å²) in [7, 11) is 1.59. The van der Waals surface area contributed by atoms with Crippen molar-refractivity contribution in [3.05, 3.63) is 96.7 Å². The molecule has 41 heavy (non-hydrogen) atoms. The Morgan fingerprint density at radius 2 is 1.93 bits per heavy atom. The SMILES string of the molecule is C=CCc1cc(/C=c2/sc3n(c2=O)[C@@H](c2ccccc2OC(C)C)C(C(=O)OCC)=C(C)N=3)cc(OC)c1OCC. The molecule has 1 aromatic heterocycles. The average Bonchev–Trinajstić information content (AvgIpc) is 3.23. The van der Waals surface area contributed by atoms with Crippen molar-refractivity contribution in [2.75, 3.05) is 20.3 Å². The standard InChI is InChI=1S/C32H36N2O6S/c1-8-13-22-16-21(17-25(37-7)29(22)38-9-2)18-26-30(35)34-28(23-14-11-12-15-24(23)40-19(4)5)27(31(36)39-10-3)20(6)33-32(34)41-26/h8,11-12,14-19,28H,1,9-10,13H2,2-7H3/b26-18+/t28-/m0/s1. The van der Waals surface area contributed by atoms with Gasteiger partial charge in [0.2, 0.25) is 0 Å². The molecular formula is C32H36N2O6S. The van der Waals surface area contributed by atoms with Crippen molar-refractivity contribution < 1.29 is 23.7 Å². The van der Waals surface area contributed by atoms with E-state index in [1.165, 1.54) is 11.3 Å². The monoisotopic (exact) mass is 576 g/mol. The molecular weight excluding hydrogens is 540 g/mol. The van der Waals surface area contributed by atoms with Gasteiger partial charge >= 0.3 is 5.97 Å². The molecule has 0 saturated heterocycles. The number of benzene rings is 2. The van der Waals surface area contributed by atoms with E-state index in [1.54, 1.807) is 31.6 Å². The van der Waals surface area contributed by atoms with Crippen LogP contribution in [-0.2, 0) is 16.0 Å². The lowest BCUT2D eigenvalue weighted by molar-refractivity contribution is -0.139. The summed E-state index contributed by atoms with van der Waals surface area (Å²) in [6, 6.07) is 10.5. The zero-order valence-electron chi connectivity index (χ0n) is 24.4. The summed E-state index contributed by atoms with van der Waals surface area (Å²) in [6.07, 6.45) is 4.07. The summed E-state index contributed by atoms with van der Waals surface area (Å²) in [5, 5.41) is 0. The van der Waals surface area contributed by atoms with E-state index < -0.39 is 12.0 Å². The maximum absolute atomic E-state index is 14.1. The third-order valence-electron chi connectivity index (χ3n) is 6.42. The minimum absolute atomic E-state index is 0.109. The molecule has 0 N–H and O–H groups in total. The van der Waals surface area contributed by atoms with E-state index in [0.29, 0.717) is 56.4 Å². The topological polar surface area (TPSA) is 88.4 Å². The van der Waals surface area contributed by atoms with Crippen molar-refractivity contribution in [1.82, 2.24) is 4.57 Å². The molecule has 1 atom stereocenters. The van der Waals surface area contributed by atoms with Crippen LogP contribution < -0.4 is 29.1 Å². The summed E-state index contributed by atoms with van der Waals surface area (Å²) in [6.45, 7) is 13.8. The summed E-state index contributed by atoms with van der Waals surface area (Å²) in [4.78, 5) is 32.5. The van der Waals surface area contributed by atoms with Crippen LogP contribution in [0.1, 0.15) is 57.4 Å². The molecule has 0 aliphatic carbocycles. The van der Waals surface area contributed by atoms with E-state index in [9.17, 15) is 9.59 Å². The molecule has 0 bridgehead atoms. The van der Waals surface area contributed by atoms with Gasteiger partial charge in [-0.25, -0.2) is 9.79 Å². The predicted octanol–water partition coefficient (Wildman–Crippen LogP) is 4.72. The predicted molar refractivity (Wildman–Crippen MR) is 161 cm³/mol. The number of carbonyl (C=O) groups excluding carboxylic acids is 1. The summed E-state index contributed by atoms with van der Waals surface area (Å²) < 4.78 is 25.0. The molecule has 2 aromatic carbocycles. The highest BCUT2D eigenvalue weighted by molar-refractivity contribution is 7.07. The highest BCUT2D eigenvalue weighted by Crippen LogP contribution is 2.37. The maximum atomic E-state index is 14.1. The molecule has 3 aromatic rings. The Labute approximate surface area is 243 Å². The Morgan fingerprint density at radius 3 is 2.59 bits per heavy atom. The zero-order chi connectivity index (χ0) is 29.7. The van der Waals surface area contributed by atoms with E-state index >= 15 is 0 Å². The van der Waals surface area contributed by atoms with Crippen molar-refractivity contribution >= 4 is 23.4 Å². The van der Waals surface area contributed by atoms with Gasteiger partial charge in [-0.15, -0.1) is 6.58 Å². The van der Waals surface area contributed by atoms with E-state index in [-0.39, 0.29) is 18.3 Å². The summed E-state index contributed by atoms with van der Waals surface area (Å²) >= 11 is 1.26. The number of hydrogen-bond acceptors (Lipinski definition) is 8. The van der Waals surface area contributed by atoms with Gasteiger partial charge in [0.05, 0.1) is 42.2 Å². The van der Waals surface area contributed by atoms with Gasteiger partial charge in [0, 0.05) is 11.1 Å². The molecule has 0 fully saturated rings. The lowest BCUT2D eigenvalue weighted by atomic mass is 9.95. The number of esters is 1. The normalized spacial score (nSPS) is 14.9.